The molecule has 0 aliphatic carbocycles. The monoisotopic (exact) mass is 270 g/mol. The van der Waals surface area contributed by atoms with Crippen molar-refractivity contribution in [3.05, 3.63) is 29.6 Å². The minimum Gasteiger partial charge on any atom is -0.477 e. The number of piperidine rings is 1. The topological polar surface area (TPSA) is 53.4 Å². The Kier molecular flexibility index (Phi) is 3.80. The molecule has 0 bridgehead atoms. The maximum atomic E-state index is 13.2. The fourth-order valence-corrected chi connectivity index (χ4v) is 2.32. The van der Waals surface area contributed by atoms with Gasteiger partial charge in [-0.25, -0.2) is 18.6 Å². The second-order valence-corrected chi connectivity index (χ2v) is 4.95. The second kappa shape index (κ2) is 5.21. The molecule has 1 saturated heterocycles. The molecule has 1 aliphatic rings. The summed E-state index contributed by atoms with van der Waals surface area (Å²) in [5.74, 6) is -3.67. The Hall–Kier alpha value is -1.56. The summed E-state index contributed by atoms with van der Waals surface area (Å²) in [6.45, 7) is 2.46. The van der Waals surface area contributed by atoms with Crippen LogP contribution in [0.3, 0.4) is 0 Å². The van der Waals surface area contributed by atoms with E-state index >= 15 is 0 Å². The van der Waals surface area contributed by atoms with Gasteiger partial charge in [-0.1, -0.05) is 6.07 Å². The Labute approximate surface area is 110 Å². The molecular formula is C13H16F2N2O2. The minimum atomic E-state index is -2.59. The van der Waals surface area contributed by atoms with E-state index in [4.69, 9.17) is 5.11 Å². The zero-order valence-corrected chi connectivity index (χ0v) is 10.6. The summed E-state index contributed by atoms with van der Waals surface area (Å²) in [6.07, 6.45) is -0.318. The van der Waals surface area contributed by atoms with E-state index in [9.17, 15) is 13.6 Å². The number of hydrogen-bond donors (Lipinski definition) is 1. The van der Waals surface area contributed by atoms with Crippen LogP contribution in [0.1, 0.15) is 35.9 Å². The van der Waals surface area contributed by atoms with Crippen LogP contribution in [-0.4, -0.2) is 39.5 Å². The average molecular weight is 270 g/mol. The predicted molar refractivity (Wildman–Crippen MR) is 65.2 cm³/mol. The summed E-state index contributed by atoms with van der Waals surface area (Å²) in [7, 11) is 0. The van der Waals surface area contributed by atoms with E-state index in [-0.39, 0.29) is 24.6 Å². The lowest BCUT2D eigenvalue weighted by atomic mass is 9.99. The van der Waals surface area contributed by atoms with E-state index < -0.39 is 11.9 Å². The molecule has 1 unspecified atom stereocenters. The molecule has 1 fully saturated rings. The van der Waals surface area contributed by atoms with Crippen LogP contribution in [0.5, 0.6) is 0 Å². The number of likely N-dealkylation sites (tertiary alicyclic amines) is 1. The molecule has 104 valence electrons. The summed E-state index contributed by atoms with van der Waals surface area (Å²) in [5, 5.41) is 8.86. The van der Waals surface area contributed by atoms with Crippen LogP contribution < -0.4 is 0 Å². The first-order valence-electron chi connectivity index (χ1n) is 6.18. The summed E-state index contributed by atoms with van der Waals surface area (Å²) in [4.78, 5) is 16.7. The van der Waals surface area contributed by atoms with Crippen molar-refractivity contribution in [3.8, 4) is 0 Å². The first-order chi connectivity index (χ1) is 8.87. The molecule has 1 aromatic rings. The Morgan fingerprint density at radius 2 is 2.32 bits per heavy atom. The molecule has 2 heterocycles. The smallest absolute Gasteiger partial charge is 0.354 e. The molecule has 0 aromatic carbocycles. The number of alkyl halides is 2. The zero-order valence-electron chi connectivity index (χ0n) is 10.6. The largest absolute Gasteiger partial charge is 0.477 e. The van der Waals surface area contributed by atoms with Crippen molar-refractivity contribution in [2.75, 3.05) is 6.54 Å². The maximum absolute atomic E-state index is 13.2. The van der Waals surface area contributed by atoms with E-state index in [0.29, 0.717) is 18.8 Å². The number of carboxylic acids is 1. The van der Waals surface area contributed by atoms with Crippen LogP contribution in [0.15, 0.2) is 18.2 Å². The molecule has 0 radical (unpaired) electrons. The van der Waals surface area contributed by atoms with Gasteiger partial charge in [-0.15, -0.1) is 0 Å². The van der Waals surface area contributed by atoms with Crippen molar-refractivity contribution in [2.45, 2.75) is 38.3 Å². The number of nitrogens with zero attached hydrogens (tertiary/aromatic N) is 2. The van der Waals surface area contributed by atoms with Crippen LogP contribution in [0.25, 0.3) is 0 Å². The van der Waals surface area contributed by atoms with Crippen molar-refractivity contribution >= 4 is 5.97 Å². The van der Waals surface area contributed by atoms with Crippen LogP contribution >= 0.6 is 0 Å². The number of rotatable bonds is 3. The van der Waals surface area contributed by atoms with E-state index in [1.807, 2.05) is 4.90 Å². The van der Waals surface area contributed by atoms with E-state index in [1.165, 1.54) is 6.07 Å². The molecule has 1 aliphatic heterocycles. The molecular weight excluding hydrogens is 254 g/mol. The molecule has 1 atom stereocenters. The summed E-state index contributed by atoms with van der Waals surface area (Å²) >= 11 is 0. The number of halogens is 2. The zero-order chi connectivity index (χ0) is 14.0. The summed E-state index contributed by atoms with van der Waals surface area (Å²) in [5.41, 5.74) is 0.574. The summed E-state index contributed by atoms with van der Waals surface area (Å²) < 4.78 is 26.4. The molecule has 1 N–H and O–H groups in total. The molecule has 1 aromatic heterocycles. The first-order valence-corrected chi connectivity index (χ1v) is 6.18. The number of pyridine rings is 1. The lowest BCUT2D eigenvalue weighted by molar-refractivity contribution is -0.0767. The van der Waals surface area contributed by atoms with Crippen LogP contribution in [-0.2, 0) is 6.54 Å². The van der Waals surface area contributed by atoms with Gasteiger partial charge in [0.25, 0.3) is 5.92 Å². The molecule has 6 heteroatoms. The number of carbonyl (C=O) groups is 1. The number of aromatic carboxylic acids is 1. The van der Waals surface area contributed by atoms with E-state index in [0.717, 1.165) is 0 Å². The van der Waals surface area contributed by atoms with E-state index in [1.54, 1.807) is 19.1 Å². The fraction of sp³-hybridized carbons (Fsp3) is 0.538. The van der Waals surface area contributed by atoms with Gasteiger partial charge in [-0.05, 0) is 19.1 Å². The van der Waals surface area contributed by atoms with Gasteiger partial charge in [0.1, 0.15) is 5.69 Å². The van der Waals surface area contributed by atoms with Crippen molar-refractivity contribution < 1.29 is 18.7 Å². The van der Waals surface area contributed by atoms with Crippen LogP contribution in [0.4, 0.5) is 8.78 Å². The van der Waals surface area contributed by atoms with Crippen molar-refractivity contribution in [1.29, 1.82) is 0 Å². The highest BCUT2D eigenvalue weighted by molar-refractivity contribution is 5.85. The third-order valence-electron chi connectivity index (χ3n) is 3.37. The molecule has 2 rings (SSSR count). The third-order valence-corrected chi connectivity index (χ3v) is 3.37. The second-order valence-electron chi connectivity index (χ2n) is 4.95. The Morgan fingerprint density at radius 3 is 2.95 bits per heavy atom. The number of aromatic nitrogens is 1. The van der Waals surface area contributed by atoms with Gasteiger partial charge in [0.05, 0.1) is 5.69 Å². The van der Waals surface area contributed by atoms with Crippen molar-refractivity contribution in [2.24, 2.45) is 0 Å². The van der Waals surface area contributed by atoms with Crippen LogP contribution in [0, 0.1) is 0 Å². The maximum Gasteiger partial charge on any atom is 0.354 e. The standard InChI is InChI=1S/C13H16F2N2O2/c1-9-7-13(14,15)5-6-17(9)8-10-3-2-4-11(16-10)12(18)19/h2-4,9H,5-8H2,1H3,(H,18,19). The minimum absolute atomic E-state index is 0.0208. The van der Waals surface area contributed by atoms with Gasteiger partial charge in [0, 0.05) is 32.0 Å². The number of hydrogen-bond acceptors (Lipinski definition) is 3. The lowest BCUT2D eigenvalue weighted by Crippen LogP contribution is -2.45. The third kappa shape index (κ3) is 3.47. The highest BCUT2D eigenvalue weighted by Gasteiger charge is 2.38. The Bertz CT molecular complexity index is 479. The van der Waals surface area contributed by atoms with Gasteiger partial charge in [-0.2, -0.15) is 0 Å². The van der Waals surface area contributed by atoms with E-state index in [2.05, 4.69) is 4.98 Å². The van der Waals surface area contributed by atoms with Gasteiger partial charge in [0.15, 0.2) is 0 Å². The fourth-order valence-electron chi connectivity index (χ4n) is 2.32. The highest BCUT2D eigenvalue weighted by atomic mass is 19.3. The predicted octanol–water partition coefficient (Wildman–Crippen LogP) is 2.40. The van der Waals surface area contributed by atoms with Gasteiger partial charge < -0.3 is 5.11 Å². The molecule has 0 spiro atoms. The van der Waals surface area contributed by atoms with Crippen LogP contribution in [0.2, 0.25) is 0 Å². The quantitative estimate of drug-likeness (QED) is 0.916. The Morgan fingerprint density at radius 1 is 1.58 bits per heavy atom. The highest BCUT2D eigenvalue weighted by Crippen LogP contribution is 2.32. The molecule has 4 nitrogen and oxygen atoms in total. The average Bonchev–Trinajstić information content (AvgIpc) is 2.32. The lowest BCUT2D eigenvalue weighted by Gasteiger charge is -2.37. The van der Waals surface area contributed by atoms with Gasteiger partial charge >= 0.3 is 5.97 Å². The van der Waals surface area contributed by atoms with Gasteiger partial charge in [0.2, 0.25) is 0 Å². The SMILES string of the molecule is CC1CC(F)(F)CCN1Cc1cccc(C(=O)O)n1. The molecule has 0 amide bonds. The normalized spacial score (nSPS) is 23.2. The van der Waals surface area contributed by atoms with Gasteiger partial charge in [-0.3, -0.25) is 4.90 Å². The summed E-state index contributed by atoms with van der Waals surface area (Å²) in [6, 6.07) is 4.51. The molecule has 0 saturated carbocycles. The first kappa shape index (κ1) is 13.9. The Balaban J connectivity index is 2.05. The van der Waals surface area contributed by atoms with Crippen molar-refractivity contribution in [3.63, 3.8) is 0 Å². The number of carboxylic acid groups (broad SMARTS) is 1. The molecule has 19 heavy (non-hydrogen) atoms. The van der Waals surface area contributed by atoms with Crippen molar-refractivity contribution in [1.82, 2.24) is 9.88 Å².